The van der Waals surface area contributed by atoms with Gasteiger partial charge in [-0.05, 0) is 23.8 Å². The molecule has 20 heavy (non-hydrogen) atoms. The van der Waals surface area contributed by atoms with E-state index in [2.05, 4.69) is 10.3 Å². The molecule has 0 fully saturated rings. The zero-order valence-corrected chi connectivity index (χ0v) is 10.8. The third-order valence-electron chi connectivity index (χ3n) is 2.62. The van der Waals surface area contributed by atoms with Crippen molar-refractivity contribution >= 4 is 17.5 Å². The maximum Gasteiger partial charge on any atom is 0.338 e. The first-order valence-corrected chi connectivity index (χ1v) is 5.84. The van der Waals surface area contributed by atoms with E-state index in [1.807, 2.05) is 6.07 Å². The van der Waals surface area contributed by atoms with E-state index in [-0.39, 0.29) is 5.82 Å². The van der Waals surface area contributed by atoms with E-state index < -0.39 is 17.3 Å². The summed E-state index contributed by atoms with van der Waals surface area (Å²) >= 11 is 0. The number of carboxylic acid groups (broad SMARTS) is 1. The number of aromatic nitrogens is 1. The second-order valence-corrected chi connectivity index (χ2v) is 4.08. The Morgan fingerprint density at radius 3 is 2.95 bits per heavy atom. The lowest BCUT2D eigenvalue weighted by Crippen LogP contribution is -2.05. The molecule has 0 aliphatic rings. The minimum absolute atomic E-state index is 0.125. The fourth-order valence-corrected chi connectivity index (χ4v) is 1.74. The van der Waals surface area contributed by atoms with Crippen LogP contribution >= 0.6 is 0 Å². The molecule has 0 spiro atoms. The number of aromatic carboxylic acids is 1. The molecule has 104 valence electrons. The summed E-state index contributed by atoms with van der Waals surface area (Å²) in [6.45, 7) is 0.431. The number of benzene rings is 1. The molecule has 6 heteroatoms. The summed E-state index contributed by atoms with van der Waals surface area (Å²) in [7, 11) is 1.58. The molecule has 1 aromatic carbocycles. The number of anilines is 2. The number of pyridine rings is 1. The first kappa shape index (κ1) is 14.0. The summed E-state index contributed by atoms with van der Waals surface area (Å²) in [6.07, 6.45) is 1.24. The largest absolute Gasteiger partial charge is 0.478 e. The van der Waals surface area contributed by atoms with E-state index in [0.717, 1.165) is 11.6 Å². The summed E-state index contributed by atoms with van der Waals surface area (Å²) in [5, 5.41) is 11.6. The van der Waals surface area contributed by atoms with Crippen molar-refractivity contribution in [2.24, 2.45) is 0 Å². The summed E-state index contributed by atoms with van der Waals surface area (Å²) in [4.78, 5) is 14.7. The van der Waals surface area contributed by atoms with Crippen molar-refractivity contribution < 1.29 is 19.0 Å². The number of nitrogens with one attached hydrogen (secondary N) is 1. The van der Waals surface area contributed by atoms with Gasteiger partial charge in [0.1, 0.15) is 5.56 Å². The quantitative estimate of drug-likeness (QED) is 0.878. The zero-order chi connectivity index (χ0) is 14.5. The highest BCUT2D eigenvalue weighted by molar-refractivity contribution is 5.89. The van der Waals surface area contributed by atoms with E-state index in [9.17, 15) is 9.18 Å². The van der Waals surface area contributed by atoms with Crippen LogP contribution in [0.25, 0.3) is 0 Å². The molecule has 0 amide bonds. The molecule has 0 atom stereocenters. The van der Waals surface area contributed by atoms with E-state index in [4.69, 9.17) is 9.84 Å². The lowest BCUT2D eigenvalue weighted by molar-refractivity contribution is 0.0692. The fraction of sp³-hybridized carbons (Fsp3) is 0.143. The third-order valence-corrected chi connectivity index (χ3v) is 2.62. The Labute approximate surface area is 115 Å². The van der Waals surface area contributed by atoms with Gasteiger partial charge in [0.2, 0.25) is 0 Å². The van der Waals surface area contributed by atoms with Crippen LogP contribution < -0.4 is 5.32 Å². The number of hydrogen-bond acceptors (Lipinski definition) is 4. The minimum atomic E-state index is -1.33. The number of rotatable bonds is 5. The Morgan fingerprint density at radius 2 is 2.25 bits per heavy atom. The highest BCUT2D eigenvalue weighted by atomic mass is 19.1. The van der Waals surface area contributed by atoms with Crippen molar-refractivity contribution in [1.29, 1.82) is 0 Å². The molecule has 1 aromatic heterocycles. The molecule has 0 aliphatic carbocycles. The summed E-state index contributed by atoms with van der Waals surface area (Å²) in [5.41, 5.74) is 1.09. The van der Waals surface area contributed by atoms with Gasteiger partial charge in [-0.25, -0.2) is 14.2 Å². The number of ether oxygens (including phenoxy) is 1. The third kappa shape index (κ3) is 3.10. The number of methoxy groups -OCH3 is 1. The Morgan fingerprint density at radius 1 is 1.45 bits per heavy atom. The van der Waals surface area contributed by atoms with Gasteiger partial charge in [0.05, 0.1) is 6.61 Å². The molecule has 0 saturated carbocycles. The second kappa shape index (κ2) is 6.12. The van der Waals surface area contributed by atoms with Crippen molar-refractivity contribution in [2.45, 2.75) is 6.61 Å². The average molecular weight is 276 g/mol. The molecule has 0 radical (unpaired) electrons. The van der Waals surface area contributed by atoms with Gasteiger partial charge in [-0.2, -0.15) is 0 Å². The van der Waals surface area contributed by atoms with Crippen LogP contribution in [-0.4, -0.2) is 23.2 Å². The molecule has 2 N–H and O–H groups in total. The van der Waals surface area contributed by atoms with Crippen LogP contribution in [-0.2, 0) is 11.3 Å². The lowest BCUT2D eigenvalue weighted by atomic mass is 10.2. The highest BCUT2D eigenvalue weighted by Crippen LogP contribution is 2.21. The molecule has 2 aromatic rings. The molecular weight excluding hydrogens is 263 g/mol. The Bertz CT molecular complexity index is 632. The monoisotopic (exact) mass is 276 g/mol. The molecule has 0 aliphatic heterocycles. The van der Waals surface area contributed by atoms with Crippen molar-refractivity contribution in [1.82, 2.24) is 4.98 Å². The van der Waals surface area contributed by atoms with Crippen LogP contribution in [0.3, 0.4) is 0 Å². The average Bonchev–Trinajstić information content (AvgIpc) is 2.42. The first-order valence-electron chi connectivity index (χ1n) is 5.84. The topological polar surface area (TPSA) is 71.5 Å². The number of hydrogen-bond donors (Lipinski definition) is 2. The van der Waals surface area contributed by atoms with Crippen molar-refractivity contribution in [3.8, 4) is 0 Å². The molecule has 0 bridgehead atoms. The maximum atomic E-state index is 13.9. The smallest absolute Gasteiger partial charge is 0.338 e. The van der Waals surface area contributed by atoms with Crippen LogP contribution in [0.2, 0.25) is 0 Å². The Hall–Kier alpha value is -2.47. The van der Waals surface area contributed by atoms with Crippen LogP contribution in [0.15, 0.2) is 36.5 Å². The standard InChI is InChI=1S/C14H13FN2O3/c1-20-8-9-3-2-4-10(7-9)17-13-12(15)11(14(18)19)5-6-16-13/h2-7H,8H2,1H3,(H,16,17)(H,18,19). The summed E-state index contributed by atoms with van der Waals surface area (Å²) in [6, 6.07) is 8.28. The molecule has 5 nitrogen and oxygen atoms in total. The Kier molecular flexibility index (Phi) is 4.27. The van der Waals surface area contributed by atoms with Gasteiger partial charge in [0, 0.05) is 19.0 Å². The van der Waals surface area contributed by atoms with E-state index in [1.165, 1.54) is 6.20 Å². The van der Waals surface area contributed by atoms with Crippen LogP contribution in [0.4, 0.5) is 15.9 Å². The van der Waals surface area contributed by atoms with Crippen LogP contribution in [0, 0.1) is 5.82 Å². The number of carboxylic acids is 1. The minimum Gasteiger partial charge on any atom is -0.478 e. The van der Waals surface area contributed by atoms with Gasteiger partial charge in [0.15, 0.2) is 11.6 Å². The molecule has 1 heterocycles. The van der Waals surface area contributed by atoms with Gasteiger partial charge in [0.25, 0.3) is 0 Å². The van der Waals surface area contributed by atoms with Gasteiger partial charge in [-0.1, -0.05) is 12.1 Å². The summed E-state index contributed by atoms with van der Waals surface area (Å²) < 4.78 is 18.9. The molecular formula is C14H13FN2O3. The molecule has 0 unspecified atom stereocenters. The van der Waals surface area contributed by atoms with Crippen molar-refractivity contribution in [3.63, 3.8) is 0 Å². The normalized spacial score (nSPS) is 10.3. The fourth-order valence-electron chi connectivity index (χ4n) is 1.74. The second-order valence-electron chi connectivity index (χ2n) is 4.08. The van der Waals surface area contributed by atoms with Crippen LogP contribution in [0.5, 0.6) is 0 Å². The zero-order valence-electron chi connectivity index (χ0n) is 10.8. The SMILES string of the molecule is COCc1cccc(Nc2nccc(C(=O)O)c2F)c1. The number of halogens is 1. The van der Waals surface area contributed by atoms with Crippen molar-refractivity contribution in [2.75, 3.05) is 12.4 Å². The van der Waals surface area contributed by atoms with Gasteiger partial charge >= 0.3 is 5.97 Å². The lowest BCUT2D eigenvalue weighted by Gasteiger charge is -2.09. The van der Waals surface area contributed by atoms with Gasteiger partial charge in [-0.15, -0.1) is 0 Å². The predicted molar refractivity (Wildman–Crippen MR) is 71.6 cm³/mol. The molecule has 0 saturated heterocycles. The Balaban J connectivity index is 2.28. The van der Waals surface area contributed by atoms with Crippen LogP contribution in [0.1, 0.15) is 15.9 Å². The van der Waals surface area contributed by atoms with Gasteiger partial charge in [-0.3, -0.25) is 0 Å². The maximum absolute atomic E-state index is 13.9. The molecule has 2 rings (SSSR count). The van der Waals surface area contributed by atoms with Gasteiger partial charge < -0.3 is 15.2 Å². The summed E-state index contributed by atoms with van der Waals surface area (Å²) in [5.74, 6) is -2.35. The van der Waals surface area contributed by atoms with Crippen molar-refractivity contribution in [3.05, 3.63) is 53.5 Å². The van der Waals surface area contributed by atoms with E-state index >= 15 is 0 Å². The first-order chi connectivity index (χ1) is 9.61. The number of carbonyl (C=O) groups is 1. The number of nitrogens with zero attached hydrogens (tertiary/aromatic N) is 1. The highest BCUT2D eigenvalue weighted by Gasteiger charge is 2.15. The van der Waals surface area contributed by atoms with E-state index in [0.29, 0.717) is 12.3 Å². The predicted octanol–water partition coefficient (Wildman–Crippen LogP) is 2.81. The van der Waals surface area contributed by atoms with E-state index in [1.54, 1.807) is 25.3 Å².